The highest BCUT2D eigenvalue weighted by molar-refractivity contribution is 5.95. The Labute approximate surface area is 252 Å². The smallest absolute Gasteiger partial charge is 0.391 e. The molecule has 0 aliphatic rings. The molecular weight excluding hydrogens is 559 g/mol. The lowest BCUT2D eigenvalue weighted by Crippen LogP contribution is -2.53. The lowest BCUT2D eigenvalue weighted by Gasteiger charge is -2.29. The standard InChI is InChI=1S/C33H44F3N3O4/c1-21(2)17-27(29(40)18-23(5)31(42)37-20-22(3)4)39-32(43)28(19-25-9-7-6-8-10-25)38-30(41)16-13-24-11-14-26(15-12-24)33(34,35)36/h6-16,21-23,27-29,40H,17-20H2,1-5H3,(H,37,42)(H,38,41)(H,39,43)/b16-13+/t23-,27+,28+,29+/m1/s1. The van der Waals surface area contributed by atoms with Crippen molar-refractivity contribution in [3.63, 3.8) is 0 Å². The summed E-state index contributed by atoms with van der Waals surface area (Å²) in [5.74, 6) is -1.34. The van der Waals surface area contributed by atoms with Gasteiger partial charge < -0.3 is 21.1 Å². The van der Waals surface area contributed by atoms with Crippen LogP contribution in [0.25, 0.3) is 6.08 Å². The maximum Gasteiger partial charge on any atom is 0.416 e. The van der Waals surface area contributed by atoms with Crippen LogP contribution in [0.4, 0.5) is 13.2 Å². The van der Waals surface area contributed by atoms with Crippen molar-refractivity contribution in [2.45, 2.75) is 78.2 Å². The molecule has 2 aromatic carbocycles. The number of alkyl halides is 3. The summed E-state index contributed by atoms with van der Waals surface area (Å²) in [6.45, 7) is 10.2. The van der Waals surface area contributed by atoms with Crippen molar-refractivity contribution in [1.29, 1.82) is 0 Å². The number of halogens is 3. The Morgan fingerprint density at radius 3 is 2.02 bits per heavy atom. The average molecular weight is 604 g/mol. The van der Waals surface area contributed by atoms with E-state index in [9.17, 15) is 32.7 Å². The van der Waals surface area contributed by atoms with Crippen LogP contribution in [0.3, 0.4) is 0 Å². The number of aliphatic hydroxyl groups is 1. The second-order valence-electron chi connectivity index (χ2n) is 11.8. The van der Waals surface area contributed by atoms with E-state index in [0.717, 1.165) is 23.8 Å². The second kappa shape index (κ2) is 16.8. The molecule has 2 aromatic rings. The van der Waals surface area contributed by atoms with Crippen molar-refractivity contribution in [1.82, 2.24) is 16.0 Å². The third kappa shape index (κ3) is 13.0. The Hall–Kier alpha value is -3.66. The number of aliphatic hydroxyl groups excluding tert-OH is 1. The van der Waals surface area contributed by atoms with Crippen LogP contribution in [-0.2, 0) is 27.0 Å². The molecule has 10 heteroatoms. The maximum absolute atomic E-state index is 13.5. The molecule has 7 nitrogen and oxygen atoms in total. The molecule has 4 atom stereocenters. The van der Waals surface area contributed by atoms with Gasteiger partial charge in [0.1, 0.15) is 6.04 Å². The monoisotopic (exact) mass is 603 g/mol. The van der Waals surface area contributed by atoms with Crippen LogP contribution in [0.5, 0.6) is 0 Å². The molecular formula is C33H44F3N3O4. The van der Waals surface area contributed by atoms with Gasteiger partial charge in [-0.15, -0.1) is 0 Å². The predicted molar refractivity (Wildman–Crippen MR) is 162 cm³/mol. The van der Waals surface area contributed by atoms with Gasteiger partial charge in [-0.05, 0) is 54.0 Å². The number of rotatable bonds is 15. The molecule has 3 amide bonds. The molecule has 0 bridgehead atoms. The van der Waals surface area contributed by atoms with Gasteiger partial charge in [-0.25, -0.2) is 0 Å². The summed E-state index contributed by atoms with van der Waals surface area (Å²) in [4.78, 5) is 38.9. The maximum atomic E-state index is 13.5. The normalized spacial score (nSPS) is 14.8. The minimum atomic E-state index is -4.46. The van der Waals surface area contributed by atoms with E-state index in [1.54, 1.807) is 6.92 Å². The van der Waals surface area contributed by atoms with Crippen molar-refractivity contribution in [3.8, 4) is 0 Å². The van der Waals surface area contributed by atoms with Crippen LogP contribution >= 0.6 is 0 Å². The zero-order chi connectivity index (χ0) is 32.2. The number of hydrogen-bond donors (Lipinski definition) is 4. The fraction of sp³-hybridized carbons (Fsp3) is 0.485. The van der Waals surface area contributed by atoms with Gasteiger partial charge in [0.25, 0.3) is 0 Å². The highest BCUT2D eigenvalue weighted by Crippen LogP contribution is 2.29. The fourth-order valence-electron chi connectivity index (χ4n) is 4.45. The zero-order valence-electron chi connectivity index (χ0n) is 25.4. The van der Waals surface area contributed by atoms with E-state index >= 15 is 0 Å². The van der Waals surface area contributed by atoms with E-state index < -0.39 is 47.7 Å². The van der Waals surface area contributed by atoms with E-state index in [1.165, 1.54) is 18.2 Å². The lowest BCUT2D eigenvalue weighted by molar-refractivity contribution is -0.137. The van der Waals surface area contributed by atoms with E-state index in [2.05, 4.69) is 16.0 Å². The Morgan fingerprint density at radius 2 is 1.47 bits per heavy atom. The summed E-state index contributed by atoms with van der Waals surface area (Å²) < 4.78 is 38.5. The van der Waals surface area contributed by atoms with Gasteiger partial charge in [0.2, 0.25) is 17.7 Å². The van der Waals surface area contributed by atoms with Gasteiger partial charge in [0.15, 0.2) is 0 Å². The molecule has 0 saturated heterocycles. The van der Waals surface area contributed by atoms with Gasteiger partial charge >= 0.3 is 6.18 Å². The van der Waals surface area contributed by atoms with Crippen molar-refractivity contribution < 1.29 is 32.7 Å². The quantitative estimate of drug-likeness (QED) is 0.212. The first-order valence-corrected chi connectivity index (χ1v) is 14.6. The molecule has 43 heavy (non-hydrogen) atoms. The molecule has 0 radical (unpaired) electrons. The van der Waals surface area contributed by atoms with E-state index in [1.807, 2.05) is 58.0 Å². The molecule has 0 saturated carbocycles. The van der Waals surface area contributed by atoms with Crippen LogP contribution < -0.4 is 16.0 Å². The molecule has 0 spiro atoms. The first kappa shape index (κ1) is 35.5. The van der Waals surface area contributed by atoms with Crippen LogP contribution in [0, 0.1) is 17.8 Å². The third-order valence-electron chi connectivity index (χ3n) is 6.83. The van der Waals surface area contributed by atoms with E-state index in [-0.39, 0.29) is 30.6 Å². The van der Waals surface area contributed by atoms with Crippen LogP contribution in [0.15, 0.2) is 60.7 Å². The predicted octanol–water partition coefficient (Wildman–Crippen LogP) is 5.14. The number of nitrogens with one attached hydrogen (secondary N) is 3. The number of amides is 3. The fourth-order valence-corrected chi connectivity index (χ4v) is 4.45. The molecule has 0 heterocycles. The Kier molecular flexibility index (Phi) is 13.9. The molecule has 236 valence electrons. The number of carbonyl (C=O) groups excluding carboxylic acids is 3. The Bertz CT molecular complexity index is 1200. The molecule has 0 unspecified atom stereocenters. The van der Waals surface area contributed by atoms with Crippen molar-refractivity contribution in [3.05, 3.63) is 77.4 Å². The molecule has 0 fully saturated rings. The van der Waals surface area contributed by atoms with Crippen molar-refractivity contribution in [2.24, 2.45) is 17.8 Å². The highest BCUT2D eigenvalue weighted by atomic mass is 19.4. The minimum Gasteiger partial charge on any atom is -0.391 e. The number of hydrogen-bond acceptors (Lipinski definition) is 4. The lowest BCUT2D eigenvalue weighted by atomic mass is 9.92. The molecule has 2 rings (SSSR count). The molecule has 0 aliphatic carbocycles. The van der Waals surface area contributed by atoms with E-state index in [4.69, 9.17) is 0 Å². The molecule has 0 aromatic heterocycles. The van der Waals surface area contributed by atoms with Gasteiger partial charge in [0, 0.05) is 25.0 Å². The Balaban J connectivity index is 2.17. The minimum absolute atomic E-state index is 0.124. The van der Waals surface area contributed by atoms with Gasteiger partial charge in [-0.2, -0.15) is 13.2 Å². The van der Waals surface area contributed by atoms with Gasteiger partial charge in [-0.1, -0.05) is 77.1 Å². The summed E-state index contributed by atoms with van der Waals surface area (Å²) in [5.41, 5.74) is 0.391. The average Bonchev–Trinajstić information content (AvgIpc) is 2.94. The first-order valence-electron chi connectivity index (χ1n) is 14.6. The summed E-state index contributed by atoms with van der Waals surface area (Å²) in [7, 11) is 0. The highest BCUT2D eigenvalue weighted by Gasteiger charge is 2.31. The van der Waals surface area contributed by atoms with Gasteiger partial charge in [0.05, 0.1) is 17.7 Å². The topological polar surface area (TPSA) is 108 Å². The van der Waals surface area contributed by atoms with Crippen molar-refractivity contribution >= 4 is 23.8 Å². The SMILES string of the molecule is CC(C)CNC(=O)[C@H](C)C[C@H](O)[C@H](CC(C)C)NC(=O)[C@H](Cc1ccccc1)NC(=O)/C=C/c1ccc(C(F)(F)F)cc1. The summed E-state index contributed by atoms with van der Waals surface area (Å²) >= 11 is 0. The zero-order valence-corrected chi connectivity index (χ0v) is 25.4. The van der Waals surface area contributed by atoms with Crippen LogP contribution in [-0.4, -0.2) is 47.6 Å². The third-order valence-corrected chi connectivity index (χ3v) is 6.83. The number of benzene rings is 2. The summed E-state index contributed by atoms with van der Waals surface area (Å²) in [6, 6.07) is 11.8. The first-order chi connectivity index (χ1) is 20.1. The van der Waals surface area contributed by atoms with Crippen LogP contribution in [0.2, 0.25) is 0 Å². The molecule has 4 N–H and O–H groups in total. The molecule has 0 aliphatic heterocycles. The summed E-state index contributed by atoms with van der Waals surface area (Å²) in [5, 5.41) is 19.5. The van der Waals surface area contributed by atoms with E-state index in [0.29, 0.717) is 18.5 Å². The second-order valence-corrected chi connectivity index (χ2v) is 11.8. The van der Waals surface area contributed by atoms with Crippen LogP contribution in [0.1, 0.15) is 64.2 Å². The summed E-state index contributed by atoms with van der Waals surface area (Å²) in [6.07, 6.45) is -2.17. The van der Waals surface area contributed by atoms with Crippen molar-refractivity contribution in [2.75, 3.05) is 6.54 Å². The van der Waals surface area contributed by atoms with Gasteiger partial charge in [-0.3, -0.25) is 14.4 Å². The number of carbonyl (C=O) groups is 3. The largest absolute Gasteiger partial charge is 0.416 e. The Morgan fingerprint density at radius 1 is 0.837 bits per heavy atom.